The van der Waals surface area contributed by atoms with Crippen LogP contribution in [0.15, 0.2) is 42.5 Å². The van der Waals surface area contributed by atoms with Crippen molar-refractivity contribution < 1.29 is 18.4 Å². The lowest BCUT2D eigenvalue weighted by Gasteiger charge is -2.18. The van der Waals surface area contributed by atoms with Crippen LogP contribution in [0, 0.1) is 11.6 Å². The number of hydrogen-bond acceptors (Lipinski definition) is 2. The van der Waals surface area contributed by atoms with E-state index in [2.05, 4.69) is 5.32 Å². The largest absolute Gasteiger partial charge is 0.339 e. The second kappa shape index (κ2) is 8.31. The summed E-state index contributed by atoms with van der Waals surface area (Å²) in [5, 5.41) is 2.95. The first-order valence-electron chi connectivity index (χ1n) is 8.47. The van der Waals surface area contributed by atoms with Crippen LogP contribution in [0.1, 0.15) is 28.8 Å². The van der Waals surface area contributed by atoms with Gasteiger partial charge >= 0.3 is 0 Å². The molecule has 0 spiro atoms. The number of halogens is 3. The summed E-state index contributed by atoms with van der Waals surface area (Å²) >= 11 is 6.00. The Hall–Kier alpha value is -2.73. The molecule has 140 valence electrons. The van der Waals surface area contributed by atoms with Gasteiger partial charge in [0.05, 0.1) is 11.3 Å². The zero-order valence-electron chi connectivity index (χ0n) is 14.3. The summed E-state index contributed by atoms with van der Waals surface area (Å²) in [7, 11) is 0. The smallest absolute Gasteiger partial charge is 0.256 e. The monoisotopic (exact) mass is 390 g/mol. The Labute approximate surface area is 160 Å². The Balaban J connectivity index is 1.79. The van der Waals surface area contributed by atoms with Crippen LogP contribution in [0.2, 0.25) is 5.02 Å². The number of benzene rings is 2. The maximum absolute atomic E-state index is 13.6. The van der Waals surface area contributed by atoms with Crippen LogP contribution in [0.4, 0.5) is 14.5 Å². The molecular formula is C20H17ClF2N2O2. The first-order chi connectivity index (χ1) is 13.0. The van der Waals surface area contributed by atoms with Crippen molar-refractivity contribution in [1.29, 1.82) is 0 Å². The zero-order chi connectivity index (χ0) is 19.4. The molecule has 0 radical (unpaired) electrons. The summed E-state index contributed by atoms with van der Waals surface area (Å²) in [6.45, 7) is 1.32. The second-order valence-electron chi connectivity index (χ2n) is 6.15. The number of likely N-dealkylation sites (tertiary alicyclic amines) is 1. The number of carbonyl (C=O) groups is 2. The molecule has 1 heterocycles. The fourth-order valence-corrected chi connectivity index (χ4v) is 3.07. The maximum atomic E-state index is 13.6. The predicted molar refractivity (Wildman–Crippen MR) is 101 cm³/mol. The van der Waals surface area contributed by atoms with Crippen molar-refractivity contribution in [3.8, 4) is 0 Å². The minimum atomic E-state index is -0.768. The van der Waals surface area contributed by atoms with E-state index in [1.807, 2.05) is 0 Å². The lowest BCUT2D eigenvalue weighted by Crippen LogP contribution is -2.28. The average Bonchev–Trinajstić information content (AvgIpc) is 3.17. The molecule has 1 aliphatic heterocycles. The highest BCUT2D eigenvalue weighted by Crippen LogP contribution is 2.24. The van der Waals surface area contributed by atoms with E-state index < -0.39 is 17.5 Å². The van der Waals surface area contributed by atoms with Gasteiger partial charge in [-0.3, -0.25) is 9.59 Å². The number of hydrogen-bond donors (Lipinski definition) is 1. The van der Waals surface area contributed by atoms with Crippen molar-refractivity contribution in [1.82, 2.24) is 4.90 Å². The zero-order valence-corrected chi connectivity index (χ0v) is 15.1. The third-order valence-electron chi connectivity index (χ3n) is 4.26. The molecule has 1 N–H and O–H groups in total. The van der Waals surface area contributed by atoms with E-state index in [1.165, 1.54) is 18.2 Å². The molecule has 7 heteroatoms. The van der Waals surface area contributed by atoms with Gasteiger partial charge in [-0.1, -0.05) is 17.7 Å². The van der Waals surface area contributed by atoms with Gasteiger partial charge in [-0.05, 0) is 49.2 Å². The molecule has 1 saturated heterocycles. The van der Waals surface area contributed by atoms with E-state index in [9.17, 15) is 18.4 Å². The lowest BCUT2D eigenvalue weighted by atomic mass is 10.1. The summed E-state index contributed by atoms with van der Waals surface area (Å²) in [5.41, 5.74) is 0.264. The molecule has 0 aromatic heterocycles. The molecule has 1 fully saturated rings. The van der Waals surface area contributed by atoms with E-state index in [-0.39, 0.29) is 17.0 Å². The van der Waals surface area contributed by atoms with Crippen molar-refractivity contribution in [2.24, 2.45) is 0 Å². The number of amides is 2. The Morgan fingerprint density at radius 1 is 1.07 bits per heavy atom. The fraction of sp³-hybridized carbons (Fsp3) is 0.200. The normalized spacial score (nSPS) is 14.0. The van der Waals surface area contributed by atoms with Crippen molar-refractivity contribution in [3.05, 3.63) is 70.3 Å². The van der Waals surface area contributed by atoms with Gasteiger partial charge < -0.3 is 10.2 Å². The van der Waals surface area contributed by atoms with Gasteiger partial charge in [0.2, 0.25) is 5.91 Å². The third-order valence-corrected chi connectivity index (χ3v) is 4.50. The van der Waals surface area contributed by atoms with Crippen LogP contribution >= 0.6 is 11.6 Å². The first kappa shape index (κ1) is 19.0. The molecule has 1 aliphatic rings. The highest BCUT2D eigenvalue weighted by Gasteiger charge is 2.22. The van der Waals surface area contributed by atoms with Crippen LogP contribution in [-0.4, -0.2) is 29.8 Å². The van der Waals surface area contributed by atoms with Gasteiger partial charge in [-0.25, -0.2) is 8.78 Å². The highest BCUT2D eigenvalue weighted by molar-refractivity contribution is 6.31. The van der Waals surface area contributed by atoms with E-state index in [0.29, 0.717) is 23.8 Å². The van der Waals surface area contributed by atoms with Crippen LogP contribution in [0.3, 0.4) is 0 Å². The fourth-order valence-electron chi connectivity index (χ4n) is 2.90. The second-order valence-corrected chi connectivity index (χ2v) is 6.58. The topological polar surface area (TPSA) is 49.4 Å². The van der Waals surface area contributed by atoms with Gasteiger partial charge in [0, 0.05) is 29.8 Å². The molecule has 27 heavy (non-hydrogen) atoms. The standard InChI is InChI=1S/C20H17ClF2N2O2/c21-13-6-8-18(15(12-13)20(27)25-10-1-2-11-25)24-19(26)9-7-14-16(22)4-3-5-17(14)23/h3-9,12H,1-2,10-11H2,(H,24,26)/b9-7-. The molecule has 0 saturated carbocycles. The molecule has 0 aliphatic carbocycles. The molecule has 2 aromatic carbocycles. The Morgan fingerprint density at radius 3 is 2.41 bits per heavy atom. The van der Waals surface area contributed by atoms with Crippen molar-refractivity contribution in [2.75, 3.05) is 18.4 Å². The van der Waals surface area contributed by atoms with Crippen molar-refractivity contribution in [2.45, 2.75) is 12.8 Å². The van der Waals surface area contributed by atoms with Crippen LogP contribution < -0.4 is 5.32 Å². The number of carbonyl (C=O) groups excluding carboxylic acids is 2. The average molecular weight is 391 g/mol. The predicted octanol–water partition coefficient (Wildman–Crippen LogP) is 4.51. The molecule has 2 amide bonds. The van der Waals surface area contributed by atoms with Crippen molar-refractivity contribution in [3.63, 3.8) is 0 Å². The minimum absolute atomic E-state index is 0.213. The van der Waals surface area contributed by atoms with Crippen molar-refractivity contribution >= 4 is 35.2 Å². The Morgan fingerprint density at radius 2 is 1.74 bits per heavy atom. The summed E-state index contributed by atoms with van der Waals surface area (Å²) in [5.74, 6) is -2.37. The number of anilines is 1. The highest BCUT2D eigenvalue weighted by atomic mass is 35.5. The molecule has 4 nitrogen and oxygen atoms in total. The first-order valence-corrected chi connectivity index (χ1v) is 8.85. The minimum Gasteiger partial charge on any atom is -0.339 e. The van der Waals surface area contributed by atoms with Gasteiger partial charge in [-0.15, -0.1) is 0 Å². The molecular weight excluding hydrogens is 374 g/mol. The number of rotatable bonds is 4. The van der Waals surface area contributed by atoms with E-state index in [4.69, 9.17) is 11.6 Å². The Kier molecular flexibility index (Phi) is 5.86. The van der Waals surface area contributed by atoms with Gasteiger partial charge in [0.25, 0.3) is 5.91 Å². The van der Waals surface area contributed by atoms with Crippen LogP contribution in [0.5, 0.6) is 0 Å². The Bertz CT molecular complexity index is 889. The van der Waals surface area contributed by atoms with Gasteiger partial charge in [0.15, 0.2) is 0 Å². The molecule has 3 rings (SSSR count). The summed E-state index contributed by atoms with van der Waals surface area (Å²) < 4.78 is 27.3. The SMILES string of the molecule is O=C(/C=C\c1c(F)cccc1F)Nc1ccc(Cl)cc1C(=O)N1CCCC1. The lowest BCUT2D eigenvalue weighted by molar-refractivity contribution is -0.111. The van der Waals surface area contributed by atoms with Gasteiger partial charge in [0.1, 0.15) is 11.6 Å². The maximum Gasteiger partial charge on any atom is 0.256 e. The summed E-state index contributed by atoms with van der Waals surface area (Å²) in [6.07, 6.45) is 3.94. The molecule has 0 atom stereocenters. The quantitative estimate of drug-likeness (QED) is 0.781. The van der Waals surface area contributed by atoms with E-state index >= 15 is 0 Å². The summed E-state index contributed by atoms with van der Waals surface area (Å²) in [6, 6.07) is 8.03. The summed E-state index contributed by atoms with van der Waals surface area (Å²) in [4.78, 5) is 26.6. The van der Waals surface area contributed by atoms with E-state index in [1.54, 1.807) is 11.0 Å². The van der Waals surface area contributed by atoms with Gasteiger partial charge in [-0.2, -0.15) is 0 Å². The van der Waals surface area contributed by atoms with Crippen LogP contribution in [-0.2, 0) is 4.79 Å². The van der Waals surface area contributed by atoms with Crippen LogP contribution in [0.25, 0.3) is 6.08 Å². The third kappa shape index (κ3) is 4.52. The molecule has 2 aromatic rings. The number of nitrogens with zero attached hydrogens (tertiary/aromatic N) is 1. The molecule has 0 unspecified atom stereocenters. The molecule has 0 bridgehead atoms. The van der Waals surface area contributed by atoms with E-state index in [0.717, 1.165) is 37.1 Å². The number of nitrogens with one attached hydrogen (secondary N) is 1.